The van der Waals surface area contributed by atoms with Crippen LogP contribution in [0, 0.1) is 20.8 Å². The molecule has 0 radical (unpaired) electrons. The molecule has 0 atom stereocenters. The number of hydrogen-bond acceptors (Lipinski definition) is 3. The first-order valence-corrected chi connectivity index (χ1v) is 12.9. The molecular weight excluding hydrogens is 400 g/mol. The van der Waals surface area contributed by atoms with Gasteiger partial charge in [0.15, 0.2) is 0 Å². The monoisotopic (exact) mass is 428 g/mol. The van der Waals surface area contributed by atoms with Gasteiger partial charge in [-0.2, -0.15) is 8.42 Å². The molecule has 0 spiro atoms. The van der Waals surface area contributed by atoms with Crippen molar-refractivity contribution in [2.45, 2.75) is 48.8 Å². The largest absolute Gasteiger partial charge is 0.277 e. The van der Waals surface area contributed by atoms with Crippen LogP contribution in [0.3, 0.4) is 0 Å². The Balaban J connectivity index is 2.35. The molecule has 0 aromatic heterocycles. The summed E-state index contributed by atoms with van der Waals surface area (Å²) < 4.78 is 32.1. The van der Waals surface area contributed by atoms with Crippen molar-refractivity contribution in [1.29, 1.82) is 0 Å². The van der Waals surface area contributed by atoms with Crippen LogP contribution in [-0.4, -0.2) is 14.2 Å². The van der Waals surface area contributed by atoms with Gasteiger partial charge >= 0.3 is 0 Å². The van der Waals surface area contributed by atoms with Crippen LogP contribution in [0.5, 0.6) is 0 Å². The van der Waals surface area contributed by atoms with E-state index in [4.69, 9.17) is 3.63 Å². The molecular formula is C24H28O3S2. The van der Waals surface area contributed by atoms with E-state index in [1.54, 1.807) is 0 Å². The van der Waals surface area contributed by atoms with Crippen LogP contribution in [-0.2, 0) is 13.7 Å². The topological polar surface area (TPSA) is 43.4 Å². The van der Waals surface area contributed by atoms with Gasteiger partial charge in [0.2, 0.25) is 0 Å². The van der Waals surface area contributed by atoms with Crippen molar-refractivity contribution in [3.8, 4) is 0 Å². The standard InChI is InChI=1S/C24H28O3S2/c1-5-18-28(25,26)27-29(22-12-6-19(2)7-13-22,23-14-8-20(3)9-15-23)24-16-10-21(4)11-17-24/h6-17H,5,18H2,1-4H3. The Morgan fingerprint density at radius 2 is 0.931 bits per heavy atom. The van der Waals surface area contributed by atoms with E-state index in [-0.39, 0.29) is 5.75 Å². The quantitative estimate of drug-likeness (QED) is 0.428. The molecule has 0 heterocycles. The Kier molecular flexibility index (Phi) is 6.52. The van der Waals surface area contributed by atoms with Crippen LogP contribution in [0.2, 0.25) is 0 Å². The minimum Gasteiger partial charge on any atom is -0.207 e. The van der Waals surface area contributed by atoms with E-state index in [1.807, 2.05) is 100 Å². The van der Waals surface area contributed by atoms with E-state index in [0.717, 1.165) is 31.4 Å². The van der Waals surface area contributed by atoms with Crippen LogP contribution in [0.1, 0.15) is 30.0 Å². The van der Waals surface area contributed by atoms with Crippen molar-refractivity contribution < 1.29 is 12.0 Å². The van der Waals surface area contributed by atoms with Gasteiger partial charge in [-0.1, -0.05) is 60.0 Å². The van der Waals surface area contributed by atoms with E-state index in [0.29, 0.717) is 6.42 Å². The molecule has 0 bridgehead atoms. The second-order valence-electron chi connectivity index (χ2n) is 7.33. The van der Waals surface area contributed by atoms with E-state index < -0.39 is 20.4 Å². The fraction of sp³-hybridized carbons (Fsp3) is 0.250. The zero-order valence-electron chi connectivity index (χ0n) is 17.4. The lowest BCUT2D eigenvalue weighted by molar-refractivity contribution is 0.507. The third-order valence-corrected chi connectivity index (χ3v) is 10.1. The molecule has 0 aliphatic rings. The molecule has 3 aromatic carbocycles. The Bertz CT molecular complexity index is 942. The molecule has 154 valence electrons. The highest BCUT2D eigenvalue weighted by Crippen LogP contribution is 2.70. The number of hydrogen-bond donors (Lipinski definition) is 0. The fourth-order valence-electron chi connectivity index (χ4n) is 3.16. The molecule has 29 heavy (non-hydrogen) atoms. The van der Waals surface area contributed by atoms with Gasteiger partial charge in [0.25, 0.3) is 10.1 Å². The lowest BCUT2D eigenvalue weighted by Gasteiger charge is -2.39. The Morgan fingerprint density at radius 3 is 1.21 bits per heavy atom. The van der Waals surface area contributed by atoms with Gasteiger partial charge in [0.1, 0.15) is 0 Å². The molecule has 0 saturated carbocycles. The van der Waals surface area contributed by atoms with Crippen molar-refractivity contribution in [3.05, 3.63) is 89.5 Å². The third kappa shape index (κ3) is 4.74. The number of benzene rings is 3. The molecule has 0 saturated heterocycles. The van der Waals surface area contributed by atoms with Crippen LogP contribution in [0.25, 0.3) is 0 Å². The lowest BCUT2D eigenvalue weighted by atomic mass is 10.2. The second-order valence-corrected chi connectivity index (χ2v) is 11.9. The maximum atomic E-state index is 13.0. The summed E-state index contributed by atoms with van der Waals surface area (Å²) in [5.41, 5.74) is 3.35. The summed E-state index contributed by atoms with van der Waals surface area (Å²) in [5.74, 6) is -0.00860. The summed E-state index contributed by atoms with van der Waals surface area (Å²) in [5, 5.41) is 0. The molecule has 0 unspecified atom stereocenters. The molecule has 3 nitrogen and oxygen atoms in total. The molecule has 0 amide bonds. The van der Waals surface area contributed by atoms with Crippen LogP contribution < -0.4 is 0 Å². The minimum absolute atomic E-state index is 0.00860. The van der Waals surface area contributed by atoms with Crippen LogP contribution in [0.4, 0.5) is 0 Å². The summed E-state index contributed by atoms with van der Waals surface area (Å²) in [6.45, 7) is 7.91. The Hall–Kier alpha value is -2.08. The molecule has 0 fully saturated rings. The number of aryl methyl sites for hydroxylation is 3. The van der Waals surface area contributed by atoms with Crippen molar-refractivity contribution in [2.75, 3.05) is 5.75 Å². The zero-order chi connectivity index (χ0) is 21.1. The van der Waals surface area contributed by atoms with Gasteiger partial charge in [-0.15, -0.1) is 0 Å². The SMILES string of the molecule is CCCS(=O)(=O)OS(c1ccc(C)cc1)(c1ccc(C)cc1)c1ccc(C)cc1. The average Bonchev–Trinajstić information content (AvgIpc) is 2.68. The first-order chi connectivity index (χ1) is 13.8. The third-order valence-electron chi connectivity index (χ3n) is 4.72. The lowest BCUT2D eigenvalue weighted by Crippen LogP contribution is -2.16. The molecule has 5 heteroatoms. The van der Waals surface area contributed by atoms with Crippen molar-refractivity contribution in [2.24, 2.45) is 0 Å². The van der Waals surface area contributed by atoms with E-state index in [2.05, 4.69) is 0 Å². The van der Waals surface area contributed by atoms with Crippen molar-refractivity contribution in [1.82, 2.24) is 0 Å². The molecule has 0 N–H and O–H groups in total. The summed E-state index contributed by atoms with van der Waals surface area (Å²) >= 11 is 0. The van der Waals surface area contributed by atoms with Crippen molar-refractivity contribution >= 4 is 20.4 Å². The van der Waals surface area contributed by atoms with Gasteiger partial charge in [0.05, 0.1) is 5.75 Å². The normalized spacial score (nSPS) is 12.7. The highest BCUT2D eigenvalue weighted by molar-refractivity contribution is 8.33. The maximum absolute atomic E-state index is 13.0. The van der Waals surface area contributed by atoms with Crippen LogP contribution in [0.15, 0.2) is 87.5 Å². The molecule has 0 aliphatic carbocycles. The minimum atomic E-state index is -3.73. The summed E-state index contributed by atoms with van der Waals surface area (Å²) in [6.07, 6.45) is 0.507. The zero-order valence-corrected chi connectivity index (χ0v) is 19.0. The first kappa shape index (κ1) is 21.6. The van der Waals surface area contributed by atoms with E-state index in [9.17, 15) is 8.42 Å². The van der Waals surface area contributed by atoms with Crippen molar-refractivity contribution in [3.63, 3.8) is 0 Å². The highest BCUT2D eigenvalue weighted by atomic mass is 32.3. The van der Waals surface area contributed by atoms with Gasteiger partial charge in [-0.25, -0.2) is 3.63 Å². The predicted octanol–water partition coefficient (Wildman–Crippen LogP) is 6.56. The Labute approximate surface area is 176 Å². The van der Waals surface area contributed by atoms with Gasteiger partial charge in [0, 0.05) is 14.7 Å². The average molecular weight is 429 g/mol. The maximum Gasteiger partial charge on any atom is 0.277 e. The first-order valence-electron chi connectivity index (χ1n) is 9.74. The fourth-order valence-corrected chi connectivity index (χ4v) is 8.49. The van der Waals surface area contributed by atoms with Gasteiger partial charge < -0.3 is 0 Å². The highest BCUT2D eigenvalue weighted by Gasteiger charge is 2.37. The Morgan fingerprint density at radius 1 is 0.621 bits per heavy atom. The van der Waals surface area contributed by atoms with E-state index >= 15 is 0 Å². The van der Waals surface area contributed by atoms with E-state index in [1.165, 1.54) is 0 Å². The summed E-state index contributed by atoms with van der Waals surface area (Å²) in [4.78, 5) is 2.61. The predicted molar refractivity (Wildman–Crippen MR) is 121 cm³/mol. The van der Waals surface area contributed by atoms with Gasteiger partial charge in [-0.3, -0.25) is 0 Å². The summed E-state index contributed by atoms with van der Waals surface area (Å²) in [6, 6.07) is 24.0. The second kappa shape index (κ2) is 8.74. The summed E-state index contributed by atoms with van der Waals surface area (Å²) in [7, 11) is -6.18. The smallest absolute Gasteiger partial charge is 0.207 e. The molecule has 0 aliphatic heterocycles. The number of rotatable bonds is 7. The van der Waals surface area contributed by atoms with Crippen LogP contribution >= 0.6 is 10.3 Å². The molecule has 3 rings (SSSR count). The molecule has 3 aromatic rings. The van der Waals surface area contributed by atoms with Gasteiger partial charge in [-0.05, 0) is 73.9 Å².